The lowest BCUT2D eigenvalue weighted by Crippen LogP contribution is -2.53. The van der Waals surface area contributed by atoms with E-state index in [0.717, 1.165) is 18.2 Å². The molecule has 2 atom stereocenters. The molecule has 1 unspecified atom stereocenters. The molecule has 1 saturated heterocycles. The van der Waals surface area contributed by atoms with Crippen molar-refractivity contribution in [1.29, 1.82) is 0 Å². The van der Waals surface area contributed by atoms with Crippen molar-refractivity contribution < 1.29 is 28.4 Å². The van der Waals surface area contributed by atoms with E-state index in [1.54, 1.807) is 0 Å². The molecular formula is C18H25BF2N2O4. The Bertz CT molecular complexity index is 687. The van der Waals surface area contributed by atoms with Gasteiger partial charge in [-0.3, -0.25) is 9.59 Å². The van der Waals surface area contributed by atoms with Gasteiger partial charge in [0.25, 0.3) is 0 Å². The fraction of sp³-hybridized carbons (Fsp3) is 0.556. The third-order valence-electron chi connectivity index (χ3n) is 4.64. The van der Waals surface area contributed by atoms with Crippen molar-refractivity contribution in [3.8, 4) is 0 Å². The number of Topliss-reactive ketones (excluding diaryl/α,β-unsaturated/α-hetero) is 1. The molecule has 0 saturated carbocycles. The van der Waals surface area contributed by atoms with Crippen LogP contribution < -0.4 is 10.2 Å². The molecular weight excluding hydrogens is 357 g/mol. The SMILES string of the molecule is CC(C)CC(NC(=O)CCC(=O)[C@@H]1CCN1c1cc(F)ccc1F)B(O)O. The average molecular weight is 382 g/mol. The van der Waals surface area contributed by atoms with Gasteiger partial charge in [0.05, 0.1) is 17.7 Å². The Balaban J connectivity index is 1.88. The Hall–Kier alpha value is -2.00. The number of ketones is 1. The predicted octanol–water partition coefficient (Wildman–Crippen LogP) is 1.44. The lowest BCUT2D eigenvalue weighted by molar-refractivity contribution is -0.126. The first-order chi connectivity index (χ1) is 12.7. The summed E-state index contributed by atoms with van der Waals surface area (Å²) in [5.74, 6) is -2.50. The number of hydrogen-bond acceptors (Lipinski definition) is 5. The Morgan fingerprint density at radius 2 is 2.00 bits per heavy atom. The average Bonchev–Trinajstić information content (AvgIpc) is 2.54. The van der Waals surface area contributed by atoms with Gasteiger partial charge in [-0.25, -0.2) is 8.78 Å². The van der Waals surface area contributed by atoms with Crippen LogP contribution in [-0.4, -0.2) is 47.4 Å². The van der Waals surface area contributed by atoms with Crippen LogP contribution in [0.25, 0.3) is 0 Å². The molecule has 1 aromatic carbocycles. The molecule has 1 amide bonds. The number of amides is 1. The second kappa shape index (κ2) is 9.28. The summed E-state index contributed by atoms with van der Waals surface area (Å²) in [5, 5.41) is 21.2. The number of hydrogen-bond donors (Lipinski definition) is 3. The molecule has 0 aromatic heterocycles. The van der Waals surface area contributed by atoms with Crippen molar-refractivity contribution in [2.75, 3.05) is 11.4 Å². The van der Waals surface area contributed by atoms with E-state index < -0.39 is 36.6 Å². The number of nitrogens with one attached hydrogen (secondary N) is 1. The number of anilines is 1. The number of carbonyl (C=O) groups is 2. The van der Waals surface area contributed by atoms with Gasteiger partial charge in [-0.05, 0) is 30.9 Å². The van der Waals surface area contributed by atoms with Crippen molar-refractivity contribution in [2.45, 2.75) is 51.5 Å². The summed E-state index contributed by atoms with van der Waals surface area (Å²) in [7, 11) is -1.68. The minimum Gasteiger partial charge on any atom is -0.426 e. The molecule has 0 aliphatic carbocycles. The van der Waals surface area contributed by atoms with Crippen LogP contribution in [0.3, 0.4) is 0 Å². The molecule has 6 nitrogen and oxygen atoms in total. The highest BCUT2D eigenvalue weighted by Crippen LogP contribution is 2.30. The van der Waals surface area contributed by atoms with Gasteiger partial charge in [0, 0.05) is 25.5 Å². The van der Waals surface area contributed by atoms with E-state index >= 15 is 0 Å². The molecule has 9 heteroatoms. The summed E-state index contributed by atoms with van der Waals surface area (Å²) in [6.07, 6.45) is 0.754. The van der Waals surface area contributed by atoms with Gasteiger partial charge < -0.3 is 20.3 Å². The van der Waals surface area contributed by atoms with Crippen LogP contribution in [0.2, 0.25) is 0 Å². The lowest BCUT2D eigenvalue weighted by Gasteiger charge is -2.42. The van der Waals surface area contributed by atoms with Gasteiger partial charge in [-0.2, -0.15) is 0 Å². The molecule has 1 aliphatic rings. The van der Waals surface area contributed by atoms with E-state index in [1.807, 2.05) is 13.8 Å². The molecule has 27 heavy (non-hydrogen) atoms. The maximum atomic E-state index is 13.9. The lowest BCUT2D eigenvalue weighted by atomic mass is 9.75. The molecule has 2 rings (SSSR count). The second-order valence-electron chi connectivity index (χ2n) is 7.28. The zero-order valence-electron chi connectivity index (χ0n) is 15.5. The topological polar surface area (TPSA) is 89.9 Å². The third-order valence-corrected chi connectivity index (χ3v) is 4.64. The Morgan fingerprint density at radius 1 is 1.30 bits per heavy atom. The fourth-order valence-electron chi connectivity index (χ4n) is 3.16. The van der Waals surface area contributed by atoms with Crippen molar-refractivity contribution >= 4 is 24.5 Å². The molecule has 1 aromatic rings. The van der Waals surface area contributed by atoms with Crippen molar-refractivity contribution in [2.24, 2.45) is 5.92 Å². The summed E-state index contributed by atoms with van der Waals surface area (Å²) in [6.45, 7) is 4.22. The smallest absolute Gasteiger partial charge is 0.426 e. The van der Waals surface area contributed by atoms with E-state index in [1.165, 1.54) is 4.90 Å². The first-order valence-corrected chi connectivity index (χ1v) is 9.09. The number of benzene rings is 1. The first-order valence-electron chi connectivity index (χ1n) is 9.09. The van der Waals surface area contributed by atoms with Gasteiger partial charge in [-0.15, -0.1) is 0 Å². The highest BCUT2D eigenvalue weighted by Gasteiger charge is 2.35. The molecule has 1 fully saturated rings. The van der Waals surface area contributed by atoms with E-state index in [4.69, 9.17) is 0 Å². The van der Waals surface area contributed by atoms with Gasteiger partial charge >= 0.3 is 7.12 Å². The number of carbonyl (C=O) groups excluding carboxylic acids is 2. The third kappa shape index (κ3) is 5.74. The largest absolute Gasteiger partial charge is 0.475 e. The summed E-state index contributed by atoms with van der Waals surface area (Å²) >= 11 is 0. The fourth-order valence-corrected chi connectivity index (χ4v) is 3.16. The summed E-state index contributed by atoms with van der Waals surface area (Å²) in [5.41, 5.74) is 0.0458. The maximum absolute atomic E-state index is 13.9. The van der Waals surface area contributed by atoms with Crippen LogP contribution in [0.4, 0.5) is 14.5 Å². The van der Waals surface area contributed by atoms with Crippen LogP contribution >= 0.6 is 0 Å². The van der Waals surface area contributed by atoms with Crippen LogP contribution in [0.1, 0.15) is 39.5 Å². The Morgan fingerprint density at radius 3 is 2.56 bits per heavy atom. The zero-order chi connectivity index (χ0) is 20.1. The van der Waals surface area contributed by atoms with Crippen molar-refractivity contribution in [1.82, 2.24) is 5.32 Å². The van der Waals surface area contributed by atoms with E-state index in [2.05, 4.69) is 5.32 Å². The van der Waals surface area contributed by atoms with Crippen LogP contribution in [0, 0.1) is 17.6 Å². The number of halogens is 2. The monoisotopic (exact) mass is 382 g/mol. The molecule has 0 bridgehead atoms. The molecule has 3 N–H and O–H groups in total. The second-order valence-corrected chi connectivity index (χ2v) is 7.28. The van der Waals surface area contributed by atoms with Crippen LogP contribution in [0.15, 0.2) is 18.2 Å². The van der Waals surface area contributed by atoms with E-state index in [-0.39, 0.29) is 30.2 Å². The normalized spacial score (nSPS) is 17.4. The Labute approximate surface area is 157 Å². The van der Waals surface area contributed by atoms with Gasteiger partial charge in [0.15, 0.2) is 5.78 Å². The number of nitrogens with zero attached hydrogens (tertiary/aromatic N) is 1. The molecule has 0 radical (unpaired) electrons. The van der Waals surface area contributed by atoms with Gasteiger partial charge in [0.1, 0.15) is 11.6 Å². The van der Waals surface area contributed by atoms with Crippen molar-refractivity contribution in [3.63, 3.8) is 0 Å². The zero-order valence-corrected chi connectivity index (χ0v) is 15.5. The molecule has 0 spiro atoms. The van der Waals surface area contributed by atoms with Crippen molar-refractivity contribution in [3.05, 3.63) is 29.8 Å². The first kappa shape index (κ1) is 21.3. The Kier molecular flexibility index (Phi) is 7.32. The maximum Gasteiger partial charge on any atom is 0.475 e. The minimum absolute atomic E-state index is 0.0458. The standard InChI is InChI=1S/C18H25BF2N2O4/c1-11(2)9-17(19(26)27)22-18(25)6-5-16(24)14-7-8-23(14)15-10-12(20)3-4-13(15)21/h3-4,10-11,14,17,26-27H,5-9H2,1-2H3,(H,22,25)/t14-,17?/m0/s1. The molecule has 148 valence electrons. The minimum atomic E-state index is -1.68. The van der Waals surface area contributed by atoms with Crippen LogP contribution in [-0.2, 0) is 9.59 Å². The summed E-state index contributed by atoms with van der Waals surface area (Å²) in [6, 6.07) is 2.51. The van der Waals surface area contributed by atoms with Gasteiger partial charge in [-0.1, -0.05) is 13.8 Å². The van der Waals surface area contributed by atoms with Gasteiger partial charge in [0.2, 0.25) is 5.91 Å². The summed E-state index contributed by atoms with van der Waals surface area (Å²) in [4.78, 5) is 25.9. The number of rotatable bonds is 9. The molecule has 1 aliphatic heterocycles. The van der Waals surface area contributed by atoms with Crippen LogP contribution in [0.5, 0.6) is 0 Å². The molecule has 1 heterocycles. The quantitative estimate of drug-likeness (QED) is 0.563. The van der Waals surface area contributed by atoms with E-state index in [0.29, 0.717) is 19.4 Å². The predicted molar refractivity (Wildman–Crippen MR) is 97.9 cm³/mol. The summed E-state index contributed by atoms with van der Waals surface area (Å²) < 4.78 is 27.2. The van der Waals surface area contributed by atoms with E-state index in [9.17, 15) is 28.4 Å². The highest BCUT2D eigenvalue weighted by molar-refractivity contribution is 6.43. The highest BCUT2D eigenvalue weighted by atomic mass is 19.1.